The molecule has 26 heavy (non-hydrogen) atoms. The summed E-state index contributed by atoms with van der Waals surface area (Å²) >= 11 is 6.01. The number of carbonyl (C=O) groups excluding carboxylic acids is 1. The molecule has 0 unspecified atom stereocenters. The maximum absolute atomic E-state index is 12.0. The van der Waals surface area contributed by atoms with Gasteiger partial charge in [0, 0.05) is 16.8 Å². The van der Waals surface area contributed by atoms with E-state index in [2.05, 4.69) is 15.5 Å². The Hall–Kier alpha value is -3.38. The zero-order chi connectivity index (χ0) is 17.9. The highest BCUT2D eigenvalue weighted by molar-refractivity contribution is 6.30. The number of nitrogens with zero attached hydrogens (tertiary/aromatic N) is 3. The highest BCUT2D eigenvalue weighted by atomic mass is 35.5. The normalized spacial score (nSPS) is 11.3. The van der Waals surface area contributed by atoms with Crippen molar-refractivity contribution in [3.8, 4) is 5.69 Å². The number of hydrogen-bond acceptors (Lipinski definition) is 4. The molecule has 0 saturated carbocycles. The van der Waals surface area contributed by atoms with Crippen molar-refractivity contribution in [2.24, 2.45) is 0 Å². The quantitative estimate of drug-likeness (QED) is 0.547. The first kappa shape index (κ1) is 16.1. The predicted octanol–water partition coefficient (Wildman–Crippen LogP) is 4.32. The van der Waals surface area contributed by atoms with Gasteiger partial charge in [0.05, 0.1) is 12.0 Å². The monoisotopic (exact) mass is 364 g/mol. The molecule has 2 heterocycles. The number of hydrogen-bond donors (Lipinski definition) is 1. The van der Waals surface area contributed by atoms with Crippen molar-refractivity contribution < 1.29 is 9.21 Å². The van der Waals surface area contributed by atoms with Crippen molar-refractivity contribution in [1.82, 2.24) is 15.0 Å². The Morgan fingerprint density at radius 1 is 1.08 bits per heavy atom. The average Bonchev–Trinajstić information content (AvgIpc) is 3.29. The van der Waals surface area contributed by atoms with Crippen LogP contribution in [0.3, 0.4) is 0 Å². The minimum Gasteiger partial charge on any atom is -0.465 e. The summed E-state index contributed by atoms with van der Waals surface area (Å²) in [4.78, 5) is 13.5. The molecule has 0 aliphatic rings. The number of halogens is 1. The van der Waals surface area contributed by atoms with Crippen molar-refractivity contribution in [2.45, 2.75) is 0 Å². The molecule has 1 amide bonds. The number of furan rings is 1. The van der Waals surface area contributed by atoms with E-state index < -0.39 is 0 Å². The van der Waals surface area contributed by atoms with E-state index in [4.69, 9.17) is 16.0 Å². The number of benzene rings is 2. The van der Waals surface area contributed by atoms with Crippen LogP contribution in [0.5, 0.6) is 0 Å². The van der Waals surface area contributed by atoms with E-state index in [1.807, 2.05) is 12.1 Å². The number of fused-ring (bicyclic) bond motifs is 1. The Morgan fingerprint density at radius 3 is 2.77 bits per heavy atom. The summed E-state index contributed by atoms with van der Waals surface area (Å²) in [6, 6.07) is 16.1. The van der Waals surface area contributed by atoms with E-state index in [1.165, 1.54) is 10.9 Å². The molecule has 2 aromatic heterocycles. The summed E-state index contributed by atoms with van der Waals surface area (Å²) < 4.78 is 5.15. The summed E-state index contributed by atoms with van der Waals surface area (Å²) in [6.07, 6.45) is 4.56. The lowest BCUT2D eigenvalue weighted by molar-refractivity contribution is -0.111. The van der Waals surface area contributed by atoms with E-state index in [9.17, 15) is 4.79 Å². The lowest BCUT2D eigenvalue weighted by Crippen LogP contribution is -2.07. The third-order valence-electron chi connectivity index (χ3n) is 3.63. The van der Waals surface area contributed by atoms with Gasteiger partial charge in [-0.3, -0.25) is 4.79 Å². The topological polar surface area (TPSA) is 73.0 Å². The Balaban J connectivity index is 1.55. The Morgan fingerprint density at radius 2 is 1.96 bits per heavy atom. The third kappa shape index (κ3) is 3.50. The first-order valence-corrected chi connectivity index (χ1v) is 8.21. The second-order valence-electron chi connectivity index (χ2n) is 5.51. The van der Waals surface area contributed by atoms with Crippen molar-refractivity contribution in [2.75, 3.05) is 5.32 Å². The van der Waals surface area contributed by atoms with Crippen LogP contribution in [0.15, 0.2) is 71.4 Å². The van der Waals surface area contributed by atoms with E-state index in [0.717, 1.165) is 5.69 Å². The Labute approximate surface area is 153 Å². The van der Waals surface area contributed by atoms with Crippen molar-refractivity contribution >= 4 is 40.3 Å². The smallest absolute Gasteiger partial charge is 0.248 e. The van der Waals surface area contributed by atoms with Crippen LogP contribution in [-0.4, -0.2) is 20.9 Å². The molecule has 128 valence electrons. The highest BCUT2D eigenvalue weighted by Crippen LogP contribution is 2.19. The zero-order valence-electron chi connectivity index (χ0n) is 13.5. The lowest BCUT2D eigenvalue weighted by Gasteiger charge is -2.00. The molecule has 0 aliphatic carbocycles. The molecule has 0 fully saturated rings. The summed E-state index contributed by atoms with van der Waals surface area (Å²) in [5.74, 6) is 0.350. The fraction of sp³-hybridized carbons (Fsp3) is 0. The SMILES string of the molecule is O=C(/C=C/c1ccco1)Nc1ccc2nn(-c3cccc(Cl)c3)nc2c1. The van der Waals surface area contributed by atoms with Crippen molar-refractivity contribution in [3.63, 3.8) is 0 Å². The third-order valence-corrected chi connectivity index (χ3v) is 3.86. The molecule has 4 rings (SSSR count). The second-order valence-corrected chi connectivity index (χ2v) is 5.95. The second kappa shape index (κ2) is 6.85. The van der Waals surface area contributed by atoms with Crippen LogP contribution in [0.1, 0.15) is 5.76 Å². The maximum atomic E-state index is 12.0. The largest absolute Gasteiger partial charge is 0.465 e. The summed E-state index contributed by atoms with van der Waals surface area (Å²) in [5.41, 5.74) is 2.78. The molecule has 0 spiro atoms. The minimum absolute atomic E-state index is 0.261. The van der Waals surface area contributed by atoms with Crippen LogP contribution < -0.4 is 5.32 Å². The molecule has 1 N–H and O–H groups in total. The number of carbonyl (C=O) groups is 1. The van der Waals surface area contributed by atoms with Gasteiger partial charge in [0.2, 0.25) is 5.91 Å². The molecule has 0 atom stereocenters. The zero-order valence-corrected chi connectivity index (χ0v) is 14.2. The Kier molecular flexibility index (Phi) is 4.25. The van der Waals surface area contributed by atoms with Gasteiger partial charge in [-0.15, -0.1) is 10.2 Å². The highest BCUT2D eigenvalue weighted by Gasteiger charge is 2.07. The molecule has 0 aliphatic heterocycles. The van der Waals surface area contributed by atoms with Gasteiger partial charge in [-0.2, -0.15) is 4.80 Å². The van der Waals surface area contributed by atoms with Crippen LogP contribution in [0.4, 0.5) is 5.69 Å². The fourth-order valence-corrected chi connectivity index (χ4v) is 2.62. The fourth-order valence-electron chi connectivity index (χ4n) is 2.44. The first-order chi connectivity index (χ1) is 12.7. The number of aromatic nitrogens is 3. The van der Waals surface area contributed by atoms with Gasteiger partial charge in [0.15, 0.2) is 0 Å². The van der Waals surface area contributed by atoms with E-state index in [-0.39, 0.29) is 5.91 Å². The Bertz CT molecular complexity index is 1100. The minimum atomic E-state index is -0.261. The number of amides is 1. The predicted molar refractivity (Wildman–Crippen MR) is 100 cm³/mol. The van der Waals surface area contributed by atoms with Crippen LogP contribution in [0.25, 0.3) is 22.8 Å². The van der Waals surface area contributed by atoms with Gasteiger partial charge in [-0.25, -0.2) is 0 Å². The molecular formula is C19H13ClN4O2. The summed E-state index contributed by atoms with van der Waals surface area (Å²) in [5, 5.41) is 12.3. The van der Waals surface area contributed by atoms with Crippen LogP contribution >= 0.6 is 11.6 Å². The standard InChI is InChI=1S/C19H13ClN4O2/c20-13-3-1-4-15(11-13)24-22-17-8-6-14(12-18(17)23-24)21-19(25)9-7-16-5-2-10-26-16/h1-12H,(H,21,25)/b9-7+. The van der Waals surface area contributed by atoms with Gasteiger partial charge >= 0.3 is 0 Å². The molecule has 0 radical (unpaired) electrons. The van der Waals surface area contributed by atoms with Gasteiger partial charge in [0.25, 0.3) is 0 Å². The van der Waals surface area contributed by atoms with Gasteiger partial charge in [-0.1, -0.05) is 17.7 Å². The molecular weight excluding hydrogens is 352 g/mol. The van der Waals surface area contributed by atoms with Gasteiger partial charge < -0.3 is 9.73 Å². The maximum Gasteiger partial charge on any atom is 0.248 e. The number of anilines is 1. The molecule has 0 bridgehead atoms. The van der Waals surface area contributed by atoms with Crippen LogP contribution in [-0.2, 0) is 4.79 Å². The molecule has 6 nitrogen and oxygen atoms in total. The van der Waals surface area contributed by atoms with Gasteiger partial charge in [0.1, 0.15) is 16.8 Å². The van der Waals surface area contributed by atoms with E-state index in [1.54, 1.807) is 54.8 Å². The molecule has 7 heteroatoms. The van der Waals surface area contributed by atoms with Gasteiger partial charge in [-0.05, 0) is 54.6 Å². The molecule has 4 aromatic rings. The van der Waals surface area contributed by atoms with Crippen LogP contribution in [0.2, 0.25) is 5.02 Å². The summed E-state index contributed by atoms with van der Waals surface area (Å²) in [6.45, 7) is 0. The number of rotatable bonds is 4. The number of nitrogens with one attached hydrogen (secondary N) is 1. The lowest BCUT2D eigenvalue weighted by atomic mass is 10.2. The average molecular weight is 365 g/mol. The van der Waals surface area contributed by atoms with Crippen molar-refractivity contribution in [3.05, 3.63) is 77.7 Å². The molecule has 2 aromatic carbocycles. The molecule has 0 saturated heterocycles. The summed E-state index contributed by atoms with van der Waals surface area (Å²) in [7, 11) is 0. The van der Waals surface area contributed by atoms with Crippen molar-refractivity contribution in [1.29, 1.82) is 0 Å². The van der Waals surface area contributed by atoms with E-state index in [0.29, 0.717) is 27.5 Å². The van der Waals surface area contributed by atoms with E-state index >= 15 is 0 Å². The van der Waals surface area contributed by atoms with Crippen LogP contribution in [0, 0.1) is 0 Å². The first-order valence-electron chi connectivity index (χ1n) is 7.83.